The molecule has 8 unspecified atom stereocenters. The van der Waals surface area contributed by atoms with E-state index in [0.717, 1.165) is 126 Å². The SMILES string of the molecule is CC1=CC2=C(CCCCC2c2ccc3cc(O[Si](C)(C)C(C)(C)C)ccc3c2)[C]12[SiH](C)[C]1(C(C)=CC3=C1CCCCC3c1ccc3cc(O[Si](C)(C)C(C)(C)C)ccc3c1)[Zr]21([Cl])([Cl])[C]2(C(C)=CC3=C2CCCCC3c2ccc3cc(O[Si](C)(C)C(C)(C)C)ccc3c2)[SiH](C)[C]12C(C)=CC1=C2CCCCC1c1ccc2cc(O[Si](C)(C)C(C)(C)C)ccc2c1. The Morgan fingerprint density at radius 1 is 0.293 bits per heavy atom. The van der Waals surface area contributed by atoms with Crippen LogP contribution in [0, 0.1) is 0 Å². The second-order valence-corrected chi connectivity index (χ2v) is 106. The fourth-order valence-electron chi connectivity index (χ4n) is 28.6. The molecular formula is C110H144Cl2O4Si6Zr. The van der Waals surface area contributed by atoms with E-state index in [1.165, 1.54) is 65.3 Å². The summed E-state index contributed by atoms with van der Waals surface area (Å²) in [5, 5.41) is 10.5. The van der Waals surface area contributed by atoms with Gasteiger partial charge >= 0.3 is 604 Å². The van der Waals surface area contributed by atoms with Gasteiger partial charge in [0.25, 0.3) is 0 Å². The third kappa shape index (κ3) is 11.7. The molecule has 8 aromatic carbocycles. The predicted octanol–water partition coefficient (Wildman–Crippen LogP) is 34.7. The van der Waals surface area contributed by atoms with Gasteiger partial charge in [-0.25, -0.2) is 0 Å². The Morgan fingerprint density at radius 3 is 0.675 bits per heavy atom. The fourth-order valence-corrected chi connectivity index (χ4v) is 159. The zero-order chi connectivity index (χ0) is 88.0. The second kappa shape index (κ2) is 29.1. The van der Waals surface area contributed by atoms with Crippen LogP contribution in [0.4, 0.5) is 0 Å². The van der Waals surface area contributed by atoms with Gasteiger partial charge in [-0.2, -0.15) is 0 Å². The van der Waals surface area contributed by atoms with Gasteiger partial charge in [0.2, 0.25) is 0 Å². The average Bonchev–Trinajstić information content (AvgIpc) is 1.51. The molecule has 0 saturated carbocycles. The monoisotopic (exact) mass is 1860 g/mol. The van der Waals surface area contributed by atoms with E-state index in [-0.39, 0.29) is 43.8 Å². The van der Waals surface area contributed by atoms with Gasteiger partial charge in [0.05, 0.1) is 0 Å². The van der Waals surface area contributed by atoms with Crippen LogP contribution in [0.15, 0.2) is 237 Å². The molecule has 2 aliphatic heterocycles. The van der Waals surface area contributed by atoms with Crippen molar-refractivity contribution >= 4 is 111 Å². The predicted molar refractivity (Wildman–Crippen MR) is 544 cm³/mol. The average molecular weight is 1860 g/mol. The number of hydrogen-bond acceptors (Lipinski definition) is 4. The van der Waals surface area contributed by atoms with Crippen LogP contribution in [0.25, 0.3) is 43.1 Å². The van der Waals surface area contributed by atoms with Crippen LogP contribution in [0.3, 0.4) is 0 Å². The maximum atomic E-state index is 12.0. The fraction of sp³-hybridized carbons (Fsp3) is 0.491. The van der Waals surface area contributed by atoms with E-state index < -0.39 is 76.8 Å². The normalized spacial score (nSPS) is 29.0. The topological polar surface area (TPSA) is 36.9 Å². The Kier molecular flexibility index (Phi) is 20.9. The minimum atomic E-state index is -7.60. The van der Waals surface area contributed by atoms with Crippen molar-refractivity contribution in [2.75, 3.05) is 0 Å². The van der Waals surface area contributed by atoms with Gasteiger partial charge in [-0.15, -0.1) is 0 Å². The van der Waals surface area contributed by atoms with Gasteiger partial charge in [-0.05, 0) is 72.5 Å². The summed E-state index contributed by atoms with van der Waals surface area (Å²) >= 11 is -7.60. The number of halogens is 2. The van der Waals surface area contributed by atoms with E-state index in [9.17, 15) is 17.0 Å². The van der Waals surface area contributed by atoms with E-state index in [2.05, 4.69) is 346 Å². The molecule has 650 valence electrons. The first-order valence-corrected chi connectivity index (χ1v) is 75.4. The molecule has 123 heavy (non-hydrogen) atoms. The standard InChI is InChI=1S/2C55H72O2Si3.2ClH.Zr/c2*1-36-30-50-46(42-24-22-40-34-44(28-26-38(40)32-42)56-59(10,11)54(3,4)5)18-14-16-20-48(50)52(36)58(9)53-37(2)31-51-47(19-15-17-21-49(51)53)43-25-23-41-35-45(29-27-39(41)33-43)57-60(12,13)55(6,7)8;;;/h2*22-35,46-47,58H,14-21H2,1-13H3;2*1H;/q;;;;+2/p-2. The summed E-state index contributed by atoms with van der Waals surface area (Å²) in [4.78, 5) is 0. The number of fused-ring (bicyclic) bond motifs is 12. The third-order valence-corrected chi connectivity index (χ3v) is 140. The molecule has 0 N–H and O–H groups in total. The zero-order valence-corrected chi connectivity index (χ0v) is 90.1. The zero-order valence-electron chi connectivity index (χ0n) is 79.8. The van der Waals surface area contributed by atoms with E-state index in [0.29, 0.717) is 0 Å². The number of rotatable bonds is 12. The summed E-state index contributed by atoms with van der Waals surface area (Å²) in [6.07, 6.45) is 29.2. The van der Waals surface area contributed by atoms with Crippen molar-refractivity contribution < 1.29 is 32.6 Å². The molecule has 0 aromatic heterocycles. The van der Waals surface area contributed by atoms with Crippen molar-refractivity contribution in [3.63, 3.8) is 0 Å². The summed E-state index contributed by atoms with van der Waals surface area (Å²) < 4.78 is 26.1. The van der Waals surface area contributed by atoms with Crippen LogP contribution in [0.2, 0.25) is 96.6 Å². The molecule has 8 aliphatic carbocycles. The van der Waals surface area contributed by atoms with Crippen LogP contribution in [-0.4, -0.2) is 50.9 Å². The van der Waals surface area contributed by atoms with Gasteiger partial charge in [-0.1, -0.05) is 83.1 Å². The first-order valence-electron chi connectivity index (χ1n) is 47.9. The molecule has 10 aliphatic rings. The Labute approximate surface area is 752 Å². The van der Waals surface area contributed by atoms with E-state index in [1.807, 2.05) is 0 Å². The first-order chi connectivity index (χ1) is 57.5. The molecule has 4 nitrogen and oxygen atoms in total. The molecule has 0 amide bonds. The number of allylic oxidation sites excluding steroid dienone is 16. The van der Waals surface area contributed by atoms with Crippen LogP contribution >= 0.6 is 17.0 Å². The third-order valence-electron chi connectivity index (χ3n) is 37.3. The van der Waals surface area contributed by atoms with Crippen LogP contribution in [-0.2, 0) is 14.9 Å². The van der Waals surface area contributed by atoms with Gasteiger partial charge < -0.3 is 0 Å². The molecule has 0 radical (unpaired) electrons. The molecule has 0 bridgehead atoms. The van der Waals surface area contributed by atoms with Gasteiger partial charge in [-0.3, -0.25) is 0 Å². The van der Waals surface area contributed by atoms with Crippen LogP contribution in [0.5, 0.6) is 23.0 Å². The van der Waals surface area contributed by atoms with Crippen LogP contribution in [0.1, 0.15) is 259 Å². The van der Waals surface area contributed by atoms with Crippen molar-refractivity contribution in [3.8, 4) is 23.0 Å². The van der Waals surface area contributed by atoms with E-state index >= 15 is 0 Å². The molecule has 8 aromatic rings. The Hall–Kier alpha value is -5.32. The molecule has 2 heterocycles. The Morgan fingerprint density at radius 2 is 0.480 bits per heavy atom. The molecule has 2 fully saturated rings. The first kappa shape index (κ1) is 88.3. The number of hydrogen-bond donors (Lipinski definition) is 0. The van der Waals surface area contributed by atoms with Crippen LogP contribution < -0.4 is 17.7 Å². The molecule has 5 spiro atoms. The molecule has 2 saturated heterocycles. The quantitative estimate of drug-likeness (QED) is 0.114. The summed E-state index contributed by atoms with van der Waals surface area (Å²) in [7, 11) is 10.7. The van der Waals surface area contributed by atoms with Gasteiger partial charge in [0, 0.05) is 0 Å². The summed E-state index contributed by atoms with van der Waals surface area (Å²) in [6, 6.07) is 58.2. The Balaban J connectivity index is 0.913. The van der Waals surface area contributed by atoms with Crippen molar-refractivity contribution in [3.05, 3.63) is 259 Å². The number of benzene rings is 8. The van der Waals surface area contributed by atoms with Crippen molar-refractivity contribution in [2.45, 2.75) is 334 Å². The minimum absolute atomic E-state index is 0.0882. The summed E-state index contributed by atoms with van der Waals surface area (Å²) in [6.45, 7) is 63.8. The van der Waals surface area contributed by atoms with Crippen molar-refractivity contribution in [2.24, 2.45) is 0 Å². The summed E-state index contributed by atoms with van der Waals surface area (Å²) in [5.74, 6) is 4.70. The Bertz CT molecular complexity index is 5360. The van der Waals surface area contributed by atoms with Crippen molar-refractivity contribution in [1.82, 2.24) is 0 Å². The molecule has 18 rings (SSSR count). The van der Waals surface area contributed by atoms with E-state index in [1.54, 1.807) is 66.9 Å². The van der Waals surface area contributed by atoms with Crippen molar-refractivity contribution in [1.29, 1.82) is 0 Å². The molecular weight excluding hydrogens is 1720 g/mol. The second-order valence-electron chi connectivity index (χ2n) is 47.0. The maximum absolute atomic E-state index is 12.0. The van der Waals surface area contributed by atoms with Gasteiger partial charge in [0.1, 0.15) is 0 Å². The van der Waals surface area contributed by atoms with E-state index in [4.69, 9.17) is 17.7 Å². The van der Waals surface area contributed by atoms with Gasteiger partial charge in [0.15, 0.2) is 0 Å². The summed E-state index contributed by atoms with van der Waals surface area (Å²) in [5.41, 5.74) is 25.1. The molecule has 8 atom stereocenters. The molecule has 13 heteroatoms.